The molecule has 0 aliphatic heterocycles. The van der Waals surface area contributed by atoms with Crippen molar-refractivity contribution in [3.05, 3.63) is 4.73 Å². The fourth-order valence-electron chi connectivity index (χ4n) is 0.499. The number of hydrogen-bond acceptors (Lipinski definition) is 3. The molecule has 9 heavy (non-hydrogen) atoms. The van der Waals surface area contributed by atoms with Crippen LogP contribution in [0.4, 0.5) is 0 Å². The third-order valence-electron chi connectivity index (χ3n) is 0.942. The normalized spacial score (nSPS) is 10.7. The first kappa shape index (κ1) is 6.67. The van der Waals surface area contributed by atoms with Crippen molar-refractivity contribution >= 4 is 15.9 Å². The van der Waals surface area contributed by atoms with Crippen LogP contribution in [0.2, 0.25) is 0 Å². The highest BCUT2D eigenvalue weighted by Gasteiger charge is 2.03. The predicted molar refractivity (Wildman–Crippen MR) is 35.9 cm³/mol. The average Bonchev–Trinajstić information content (AvgIpc) is 2.13. The molecule has 1 heterocycles. The van der Waals surface area contributed by atoms with Crippen LogP contribution in [0.1, 0.15) is 19.9 Å². The van der Waals surface area contributed by atoms with Crippen molar-refractivity contribution in [3.8, 4) is 0 Å². The molecule has 0 saturated carbocycles. The van der Waals surface area contributed by atoms with Crippen molar-refractivity contribution in [2.24, 2.45) is 0 Å². The van der Waals surface area contributed by atoms with Gasteiger partial charge < -0.3 is 0 Å². The van der Waals surface area contributed by atoms with Crippen LogP contribution in [-0.2, 0) is 0 Å². The van der Waals surface area contributed by atoms with Crippen LogP contribution in [0.3, 0.4) is 0 Å². The van der Waals surface area contributed by atoms with E-state index >= 15 is 0 Å². The molecule has 0 spiro atoms. The zero-order chi connectivity index (χ0) is 6.85. The fraction of sp³-hybridized carbons (Fsp3) is 0.750. The number of rotatable bonds is 1. The van der Waals surface area contributed by atoms with E-state index in [2.05, 4.69) is 31.5 Å². The van der Waals surface area contributed by atoms with Gasteiger partial charge in [-0.1, -0.05) is 0 Å². The largest absolute Gasteiger partial charge is 0.218 e. The minimum absolute atomic E-state index is 0.314. The molecule has 4 nitrogen and oxygen atoms in total. The van der Waals surface area contributed by atoms with Gasteiger partial charge in [-0.25, -0.2) is 4.68 Å². The summed E-state index contributed by atoms with van der Waals surface area (Å²) in [5, 5.41) is 10.8. The first-order chi connectivity index (χ1) is 4.22. The molecular formula is C4H7BrN4. The van der Waals surface area contributed by atoms with Crippen LogP contribution < -0.4 is 0 Å². The number of hydrogen-bond donors (Lipinski definition) is 0. The second-order valence-electron chi connectivity index (χ2n) is 1.99. The molecule has 1 aromatic rings. The number of tetrazole rings is 1. The van der Waals surface area contributed by atoms with Crippen LogP contribution >= 0.6 is 15.9 Å². The molecule has 0 atom stereocenters. The standard InChI is InChI=1S/C4H7BrN4/c1-3(2)9-4(5)6-7-8-9/h3H,1-2H3. The Balaban J connectivity index is 2.94. The molecule has 1 aromatic heterocycles. The SMILES string of the molecule is CC(C)n1nnnc1Br. The van der Waals surface area contributed by atoms with Crippen LogP contribution in [0.5, 0.6) is 0 Å². The molecule has 0 aromatic carbocycles. The summed E-state index contributed by atoms with van der Waals surface area (Å²) in [4.78, 5) is 0. The Morgan fingerprint density at radius 3 is 2.44 bits per heavy atom. The first-order valence-corrected chi connectivity index (χ1v) is 3.44. The van der Waals surface area contributed by atoms with E-state index in [-0.39, 0.29) is 0 Å². The lowest BCUT2D eigenvalue weighted by Crippen LogP contribution is -2.02. The van der Waals surface area contributed by atoms with Gasteiger partial charge in [0.25, 0.3) is 0 Å². The van der Waals surface area contributed by atoms with Crippen LogP contribution in [0.15, 0.2) is 4.73 Å². The van der Waals surface area contributed by atoms with Gasteiger partial charge in [-0.2, -0.15) is 0 Å². The fourth-order valence-corrected chi connectivity index (χ4v) is 1.05. The number of halogens is 1. The average molecular weight is 191 g/mol. The van der Waals surface area contributed by atoms with Crippen molar-refractivity contribution in [1.29, 1.82) is 0 Å². The molecule has 0 unspecified atom stereocenters. The van der Waals surface area contributed by atoms with E-state index in [4.69, 9.17) is 0 Å². The van der Waals surface area contributed by atoms with E-state index in [0.717, 1.165) is 0 Å². The van der Waals surface area contributed by atoms with Crippen molar-refractivity contribution < 1.29 is 0 Å². The predicted octanol–water partition coefficient (Wildman–Crippen LogP) is 1.02. The highest BCUT2D eigenvalue weighted by atomic mass is 79.9. The molecule has 1 rings (SSSR count). The first-order valence-electron chi connectivity index (χ1n) is 2.65. The maximum atomic E-state index is 3.72. The Morgan fingerprint density at radius 2 is 2.22 bits per heavy atom. The van der Waals surface area contributed by atoms with Crippen LogP contribution in [-0.4, -0.2) is 20.2 Å². The second-order valence-corrected chi connectivity index (χ2v) is 2.70. The summed E-state index contributed by atoms with van der Waals surface area (Å²) in [5.41, 5.74) is 0. The smallest absolute Gasteiger partial charge is 0.218 e. The van der Waals surface area contributed by atoms with Crippen molar-refractivity contribution in [2.75, 3.05) is 0 Å². The summed E-state index contributed by atoms with van der Waals surface area (Å²) in [5.74, 6) is 0. The van der Waals surface area contributed by atoms with Gasteiger partial charge in [0.2, 0.25) is 4.73 Å². The van der Waals surface area contributed by atoms with E-state index in [0.29, 0.717) is 10.8 Å². The van der Waals surface area contributed by atoms with Gasteiger partial charge in [-0.15, -0.1) is 5.10 Å². The molecule has 0 N–H and O–H groups in total. The van der Waals surface area contributed by atoms with E-state index < -0.39 is 0 Å². The summed E-state index contributed by atoms with van der Waals surface area (Å²) in [6.07, 6.45) is 0. The Hall–Kier alpha value is -0.450. The summed E-state index contributed by atoms with van der Waals surface area (Å²) in [6, 6.07) is 0.314. The maximum absolute atomic E-state index is 3.72. The lowest BCUT2D eigenvalue weighted by Gasteiger charge is -2.01. The molecule has 0 aliphatic carbocycles. The zero-order valence-corrected chi connectivity index (χ0v) is 6.83. The molecule has 0 bridgehead atoms. The highest BCUT2D eigenvalue weighted by molar-refractivity contribution is 9.10. The van der Waals surface area contributed by atoms with E-state index in [1.165, 1.54) is 0 Å². The van der Waals surface area contributed by atoms with Crippen molar-refractivity contribution in [3.63, 3.8) is 0 Å². The monoisotopic (exact) mass is 190 g/mol. The van der Waals surface area contributed by atoms with Crippen LogP contribution in [0, 0.1) is 0 Å². The highest BCUT2D eigenvalue weighted by Crippen LogP contribution is 2.08. The molecule has 0 amide bonds. The van der Waals surface area contributed by atoms with E-state index in [1.54, 1.807) is 4.68 Å². The minimum Gasteiger partial charge on any atom is -0.218 e. The third kappa shape index (κ3) is 1.27. The Bertz CT molecular complexity index is 194. The van der Waals surface area contributed by atoms with E-state index in [1.807, 2.05) is 13.8 Å². The summed E-state index contributed by atoms with van der Waals surface area (Å²) in [6.45, 7) is 4.03. The van der Waals surface area contributed by atoms with Crippen molar-refractivity contribution in [2.45, 2.75) is 19.9 Å². The topological polar surface area (TPSA) is 43.6 Å². The van der Waals surface area contributed by atoms with Crippen LogP contribution in [0.25, 0.3) is 0 Å². The molecular weight excluding hydrogens is 184 g/mol. The summed E-state index contributed by atoms with van der Waals surface area (Å²) >= 11 is 3.19. The molecule has 0 aliphatic rings. The van der Waals surface area contributed by atoms with Gasteiger partial charge in [0, 0.05) is 0 Å². The van der Waals surface area contributed by atoms with Gasteiger partial charge in [-0.05, 0) is 40.2 Å². The number of nitrogens with zero attached hydrogens (tertiary/aromatic N) is 4. The summed E-state index contributed by atoms with van der Waals surface area (Å²) in [7, 11) is 0. The Labute approximate surface area is 61.4 Å². The quantitative estimate of drug-likeness (QED) is 0.665. The maximum Gasteiger partial charge on any atom is 0.218 e. The zero-order valence-electron chi connectivity index (χ0n) is 5.24. The third-order valence-corrected chi connectivity index (χ3v) is 1.46. The second kappa shape index (κ2) is 2.43. The Morgan fingerprint density at radius 1 is 1.56 bits per heavy atom. The Kier molecular flexibility index (Phi) is 1.80. The lowest BCUT2D eigenvalue weighted by molar-refractivity contribution is 0.504. The van der Waals surface area contributed by atoms with Gasteiger partial charge in [0.15, 0.2) is 0 Å². The minimum atomic E-state index is 0.314. The van der Waals surface area contributed by atoms with Crippen molar-refractivity contribution in [1.82, 2.24) is 20.2 Å². The molecule has 5 heteroatoms. The molecule has 0 saturated heterocycles. The lowest BCUT2D eigenvalue weighted by atomic mass is 10.4. The van der Waals surface area contributed by atoms with Gasteiger partial charge in [0.05, 0.1) is 6.04 Å². The number of aromatic nitrogens is 4. The van der Waals surface area contributed by atoms with Gasteiger partial charge >= 0.3 is 0 Å². The van der Waals surface area contributed by atoms with E-state index in [9.17, 15) is 0 Å². The molecule has 50 valence electrons. The van der Waals surface area contributed by atoms with Gasteiger partial charge in [0.1, 0.15) is 0 Å². The van der Waals surface area contributed by atoms with Gasteiger partial charge in [-0.3, -0.25) is 0 Å². The molecule has 0 radical (unpaired) electrons. The summed E-state index contributed by atoms with van der Waals surface area (Å²) < 4.78 is 2.37. The molecule has 0 fully saturated rings.